The van der Waals surface area contributed by atoms with E-state index in [1.165, 1.54) is 0 Å². The fourth-order valence-electron chi connectivity index (χ4n) is 2.99. The van der Waals surface area contributed by atoms with Crippen LogP contribution in [0.5, 0.6) is 0 Å². The van der Waals surface area contributed by atoms with Crippen LogP contribution < -0.4 is 10.6 Å². The number of rotatable bonds is 4. The second-order valence-electron chi connectivity index (χ2n) is 6.03. The average molecular weight is 374 g/mol. The predicted molar refractivity (Wildman–Crippen MR) is 99.9 cm³/mol. The maximum Gasteiger partial charge on any atom is 0.276 e. The van der Waals surface area contributed by atoms with E-state index in [1.807, 2.05) is 35.1 Å². The third-order valence-electron chi connectivity index (χ3n) is 4.28. The summed E-state index contributed by atoms with van der Waals surface area (Å²) in [5, 5.41) is 18.4. The van der Waals surface area contributed by atoms with Crippen molar-refractivity contribution in [1.82, 2.24) is 30.1 Å². The van der Waals surface area contributed by atoms with Crippen molar-refractivity contribution in [2.75, 3.05) is 18.4 Å². The smallest absolute Gasteiger partial charge is 0.276 e. The van der Waals surface area contributed by atoms with Crippen molar-refractivity contribution in [2.24, 2.45) is 0 Å². The van der Waals surface area contributed by atoms with Gasteiger partial charge in [0.1, 0.15) is 0 Å². The maximum absolute atomic E-state index is 12.5. The Bertz CT molecular complexity index is 856. The zero-order valence-corrected chi connectivity index (χ0v) is 14.9. The fourth-order valence-corrected chi connectivity index (χ4v) is 2.99. The van der Waals surface area contributed by atoms with Gasteiger partial charge in [-0.2, -0.15) is 5.10 Å². The molecular formula is C17H20ClN7O. The van der Waals surface area contributed by atoms with Crippen LogP contribution in [-0.4, -0.2) is 43.8 Å². The molecule has 1 saturated heterocycles. The lowest BCUT2D eigenvalue weighted by atomic mass is 10.1. The number of benzene rings is 1. The first-order chi connectivity index (χ1) is 12.3. The topological polar surface area (TPSA) is 89.7 Å². The SMILES string of the molecule is Cl.O=C(Nc1cccc(-n2ccnn2)c1)c1ccn(C2CCCNC2)n1. The van der Waals surface area contributed by atoms with Crippen molar-refractivity contribution >= 4 is 24.0 Å². The molecule has 2 aromatic heterocycles. The number of hydrogen-bond acceptors (Lipinski definition) is 5. The number of aromatic nitrogens is 5. The van der Waals surface area contributed by atoms with Gasteiger partial charge in [0, 0.05) is 18.4 Å². The first kappa shape index (κ1) is 18.1. The van der Waals surface area contributed by atoms with Gasteiger partial charge in [-0.05, 0) is 43.7 Å². The minimum absolute atomic E-state index is 0. The number of halogens is 1. The summed E-state index contributed by atoms with van der Waals surface area (Å²) in [5.41, 5.74) is 1.93. The van der Waals surface area contributed by atoms with Crippen LogP contribution in [0.2, 0.25) is 0 Å². The summed E-state index contributed by atoms with van der Waals surface area (Å²) in [5.74, 6) is -0.224. The summed E-state index contributed by atoms with van der Waals surface area (Å²) in [6.07, 6.45) is 7.44. The molecular weight excluding hydrogens is 354 g/mol. The normalized spacial score (nSPS) is 16.7. The summed E-state index contributed by atoms with van der Waals surface area (Å²) >= 11 is 0. The van der Waals surface area contributed by atoms with Crippen LogP contribution >= 0.6 is 12.4 Å². The molecule has 9 heteroatoms. The van der Waals surface area contributed by atoms with Crippen LogP contribution in [-0.2, 0) is 0 Å². The molecule has 8 nitrogen and oxygen atoms in total. The average Bonchev–Trinajstić information content (AvgIpc) is 3.35. The Morgan fingerprint density at radius 1 is 1.27 bits per heavy atom. The Kier molecular flexibility index (Phi) is 5.65. The van der Waals surface area contributed by atoms with Crippen LogP contribution in [0, 0.1) is 0 Å². The highest BCUT2D eigenvalue weighted by Gasteiger charge is 2.17. The number of carbonyl (C=O) groups is 1. The number of nitrogens with zero attached hydrogens (tertiary/aromatic N) is 5. The van der Waals surface area contributed by atoms with Gasteiger partial charge in [0.2, 0.25) is 0 Å². The molecule has 136 valence electrons. The Labute approximate surface area is 157 Å². The third kappa shape index (κ3) is 3.92. The number of amides is 1. The predicted octanol–water partition coefficient (Wildman–Crippen LogP) is 2.06. The van der Waals surface area contributed by atoms with Crippen molar-refractivity contribution in [3.05, 3.63) is 54.6 Å². The first-order valence-corrected chi connectivity index (χ1v) is 8.33. The molecule has 1 aromatic carbocycles. The summed E-state index contributed by atoms with van der Waals surface area (Å²) in [4.78, 5) is 12.5. The summed E-state index contributed by atoms with van der Waals surface area (Å²) in [6.45, 7) is 1.94. The Morgan fingerprint density at radius 3 is 2.96 bits per heavy atom. The van der Waals surface area contributed by atoms with Crippen LogP contribution in [0.3, 0.4) is 0 Å². The van der Waals surface area contributed by atoms with Crippen LogP contribution in [0.25, 0.3) is 5.69 Å². The molecule has 1 atom stereocenters. The molecule has 0 aliphatic carbocycles. The molecule has 3 aromatic rings. The summed E-state index contributed by atoms with van der Waals surface area (Å²) < 4.78 is 3.52. The minimum Gasteiger partial charge on any atom is -0.321 e. The summed E-state index contributed by atoms with van der Waals surface area (Å²) in [7, 11) is 0. The molecule has 1 aliphatic rings. The number of anilines is 1. The largest absolute Gasteiger partial charge is 0.321 e. The quantitative estimate of drug-likeness (QED) is 0.730. The number of nitrogens with one attached hydrogen (secondary N) is 2. The zero-order chi connectivity index (χ0) is 17.1. The van der Waals surface area contributed by atoms with Crippen molar-refractivity contribution in [1.29, 1.82) is 0 Å². The highest BCUT2D eigenvalue weighted by molar-refractivity contribution is 6.02. The molecule has 1 amide bonds. The molecule has 0 saturated carbocycles. The standard InChI is InChI=1S/C17H19N7O.ClH/c25-17(16-6-9-23(21-16)15-5-2-7-18-12-15)20-13-3-1-4-14(11-13)24-10-8-19-22-24;/h1,3-4,6,8-11,15,18H,2,5,7,12H2,(H,20,25);1H. The second-order valence-corrected chi connectivity index (χ2v) is 6.03. The van der Waals surface area contributed by atoms with E-state index < -0.39 is 0 Å². The Morgan fingerprint density at radius 2 is 2.19 bits per heavy atom. The third-order valence-corrected chi connectivity index (χ3v) is 4.28. The molecule has 1 aliphatic heterocycles. The lowest BCUT2D eigenvalue weighted by Gasteiger charge is -2.22. The molecule has 1 fully saturated rings. The highest BCUT2D eigenvalue weighted by Crippen LogP contribution is 2.17. The second kappa shape index (κ2) is 8.11. The molecule has 0 spiro atoms. The Hall–Kier alpha value is -2.71. The van der Waals surface area contributed by atoms with E-state index in [4.69, 9.17) is 0 Å². The summed E-state index contributed by atoms with van der Waals surface area (Å²) in [6, 6.07) is 9.50. The van der Waals surface area contributed by atoms with Gasteiger partial charge in [0.15, 0.2) is 5.69 Å². The molecule has 0 bridgehead atoms. The lowest BCUT2D eigenvalue weighted by Crippen LogP contribution is -2.32. The first-order valence-electron chi connectivity index (χ1n) is 8.33. The number of hydrogen-bond donors (Lipinski definition) is 2. The van der Waals surface area contributed by atoms with E-state index in [1.54, 1.807) is 23.1 Å². The van der Waals surface area contributed by atoms with E-state index in [0.29, 0.717) is 17.4 Å². The van der Waals surface area contributed by atoms with Gasteiger partial charge in [-0.25, -0.2) is 4.68 Å². The number of piperidine rings is 1. The molecule has 2 N–H and O–H groups in total. The van der Waals surface area contributed by atoms with Crippen LogP contribution in [0.15, 0.2) is 48.9 Å². The van der Waals surface area contributed by atoms with Crippen molar-refractivity contribution in [3.63, 3.8) is 0 Å². The monoisotopic (exact) mass is 373 g/mol. The van der Waals surface area contributed by atoms with Gasteiger partial charge in [0.25, 0.3) is 5.91 Å². The van der Waals surface area contributed by atoms with Crippen molar-refractivity contribution in [3.8, 4) is 5.69 Å². The Balaban J connectivity index is 0.00000196. The van der Waals surface area contributed by atoms with E-state index in [0.717, 1.165) is 31.6 Å². The van der Waals surface area contributed by atoms with Crippen molar-refractivity contribution in [2.45, 2.75) is 18.9 Å². The highest BCUT2D eigenvalue weighted by atomic mass is 35.5. The van der Waals surface area contributed by atoms with Gasteiger partial charge in [-0.1, -0.05) is 11.3 Å². The molecule has 4 rings (SSSR count). The molecule has 26 heavy (non-hydrogen) atoms. The minimum atomic E-state index is -0.224. The van der Waals surface area contributed by atoms with E-state index in [-0.39, 0.29) is 18.3 Å². The van der Waals surface area contributed by atoms with Gasteiger partial charge < -0.3 is 10.6 Å². The molecule has 3 heterocycles. The van der Waals surface area contributed by atoms with Crippen molar-refractivity contribution < 1.29 is 4.79 Å². The lowest BCUT2D eigenvalue weighted by molar-refractivity contribution is 0.102. The molecule has 0 radical (unpaired) electrons. The maximum atomic E-state index is 12.5. The van der Waals surface area contributed by atoms with Crippen LogP contribution in [0.1, 0.15) is 29.4 Å². The van der Waals surface area contributed by atoms with E-state index >= 15 is 0 Å². The van der Waals surface area contributed by atoms with E-state index in [2.05, 4.69) is 26.0 Å². The van der Waals surface area contributed by atoms with Gasteiger partial charge in [-0.15, -0.1) is 17.5 Å². The fraction of sp³-hybridized carbons (Fsp3) is 0.294. The van der Waals surface area contributed by atoms with Gasteiger partial charge in [0.05, 0.1) is 24.1 Å². The van der Waals surface area contributed by atoms with Gasteiger partial charge >= 0.3 is 0 Å². The molecule has 1 unspecified atom stereocenters. The number of carbonyl (C=O) groups excluding carboxylic acids is 1. The van der Waals surface area contributed by atoms with Crippen LogP contribution in [0.4, 0.5) is 5.69 Å². The van der Waals surface area contributed by atoms with Gasteiger partial charge in [-0.3, -0.25) is 9.48 Å². The zero-order valence-electron chi connectivity index (χ0n) is 14.1. The van der Waals surface area contributed by atoms with E-state index in [9.17, 15) is 4.79 Å².